The number of nitrogens with zero attached hydrogens (tertiary/aromatic N) is 4. The van der Waals surface area contributed by atoms with Gasteiger partial charge in [-0.25, -0.2) is 9.97 Å². The number of aryl methyl sites for hydroxylation is 1. The number of hydrogen-bond acceptors (Lipinski definition) is 4. The Bertz CT molecular complexity index is 1080. The largest absolute Gasteiger partial charge is 0.326 e. The van der Waals surface area contributed by atoms with Crippen molar-refractivity contribution >= 4 is 23.1 Å². The van der Waals surface area contributed by atoms with E-state index in [0.29, 0.717) is 11.5 Å². The van der Waals surface area contributed by atoms with Crippen LogP contribution in [0.2, 0.25) is 0 Å². The Kier molecular flexibility index (Phi) is 3.90. The van der Waals surface area contributed by atoms with Gasteiger partial charge in [-0.15, -0.1) is 0 Å². The van der Waals surface area contributed by atoms with Crippen LogP contribution in [-0.2, 0) is 12.8 Å². The monoisotopic (exact) mass is 370 g/mol. The highest BCUT2D eigenvalue weighted by molar-refractivity contribution is 6.07. The SMILES string of the molecule is Cc1nc(C(=O)N2c3ccccc3CC2C)cc(N2CCc3ccccc32)n1. The highest BCUT2D eigenvalue weighted by Gasteiger charge is 2.32. The average molecular weight is 370 g/mol. The summed E-state index contributed by atoms with van der Waals surface area (Å²) in [6.07, 6.45) is 1.86. The molecule has 0 spiro atoms. The van der Waals surface area contributed by atoms with Crippen LogP contribution >= 0.6 is 0 Å². The molecule has 2 aromatic carbocycles. The Morgan fingerprint density at radius 2 is 1.71 bits per heavy atom. The van der Waals surface area contributed by atoms with Gasteiger partial charge in [-0.3, -0.25) is 4.79 Å². The Balaban J connectivity index is 1.53. The second-order valence-corrected chi connectivity index (χ2v) is 7.55. The molecular weight excluding hydrogens is 348 g/mol. The maximum atomic E-state index is 13.4. The van der Waals surface area contributed by atoms with Gasteiger partial charge < -0.3 is 9.80 Å². The molecule has 1 unspecified atom stereocenters. The molecule has 3 aromatic rings. The van der Waals surface area contributed by atoms with Crippen molar-refractivity contribution < 1.29 is 4.79 Å². The molecule has 5 nitrogen and oxygen atoms in total. The maximum absolute atomic E-state index is 13.4. The van der Waals surface area contributed by atoms with E-state index in [1.54, 1.807) is 0 Å². The zero-order valence-corrected chi connectivity index (χ0v) is 16.1. The lowest BCUT2D eigenvalue weighted by Crippen LogP contribution is -2.36. The van der Waals surface area contributed by atoms with E-state index in [1.165, 1.54) is 16.8 Å². The molecule has 0 saturated heterocycles. The van der Waals surface area contributed by atoms with Crippen LogP contribution in [0, 0.1) is 6.92 Å². The summed E-state index contributed by atoms with van der Waals surface area (Å²) in [6.45, 7) is 4.81. The molecule has 0 bridgehead atoms. The number of rotatable bonds is 2. The Hall–Kier alpha value is -3.21. The fraction of sp³-hybridized carbons (Fsp3) is 0.261. The molecule has 0 N–H and O–H groups in total. The molecule has 1 amide bonds. The lowest BCUT2D eigenvalue weighted by atomic mass is 10.1. The number of para-hydroxylation sites is 2. The first-order valence-electron chi connectivity index (χ1n) is 9.74. The van der Waals surface area contributed by atoms with E-state index in [0.717, 1.165) is 30.9 Å². The fourth-order valence-corrected chi connectivity index (χ4v) is 4.37. The van der Waals surface area contributed by atoms with Gasteiger partial charge in [0.15, 0.2) is 0 Å². The molecule has 0 aliphatic carbocycles. The van der Waals surface area contributed by atoms with Crippen LogP contribution < -0.4 is 9.80 Å². The number of hydrogen-bond donors (Lipinski definition) is 0. The van der Waals surface area contributed by atoms with Gasteiger partial charge >= 0.3 is 0 Å². The second kappa shape index (κ2) is 6.44. The van der Waals surface area contributed by atoms with Crippen LogP contribution in [0.15, 0.2) is 54.6 Å². The van der Waals surface area contributed by atoms with E-state index in [-0.39, 0.29) is 11.9 Å². The van der Waals surface area contributed by atoms with Gasteiger partial charge in [0.1, 0.15) is 17.3 Å². The summed E-state index contributed by atoms with van der Waals surface area (Å²) in [6, 6.07) is 18.4. The van der Waals surface area contributed by atoms with Crippen molar-refractivity contribution in [1.82, 2.24) is 9.97 Å². The van der Waals surface area contributed by atoms with Crippen LogP contribution in [0.1, 0.15) is 34.4 Å². The first-order chi connectivity index (χ1) is 13.6. The van der Waals surface area contributed by atoms with E-state index in [4.69, 9.17) is 0 Å². The summed E-state index contributed by atoms with van der Waals surface area (Å²) in [5.74, 6) is 1.35. The lowest BCUT2D eigenvalue weighted by molar-refractivity contribution is 0.0976. The molecule has 2 aliphatic rings. The molecule has 2 aliphatic heterocycles. The van der Waals surface area contributed by atoms with Crippen LogP contribution in [0.4, 0.5) is 17.2 Å². The van der Waals surface area contributed by atoms with Crippen LogP contribution in [-0.4, -0.2) is 28.5 Å². The standard InChI is InChI=1S/C23H22N4O/c1-15-13-18-8-4-6-10-21(18)27(15)23(28)19-14-22(25-16(2)24-19)26-12-11-17-7-3-5-9-20(17)26/h3-10,14-15H,11-13H2,1-2H3. The van der Waals surface area contributed by atoms with Crippen molar-refractivity contribution in [1.29, 1.82) is 0 Å². The molecule has 5 rings (SSSR count). The lowest BCUT2D eigenvalue weighted by Gasteiger charge is -2.24. The summed E-state index contributed by atoms with van der Waals surface area (Å²) in [4.78, 5) is 26.6. The van der Waals surface area contributed by atoms with E-state index < -0.39 is 0 Å². The third-order valence-corrected chi connectivity index (χ3v) is 5.63. The van der Waals surface area contributed by atoms with Crippen molar-refractivity contribution in [3.8, 4) is 0 Å². The van der Waals surface area contributed by atoms with Gasteiger partial charge in [-0.1, -0.05) is 36.4 Å². The van der Waals surface area contributed by atoms with Crippen molar-refractivity contribution in [3.63, 3.8) is 0 Å². The average Bonchev–Trinajstić information content (AvgIpc) is 3.27. The Morgan fingerprint density at radius 3 is 2.54 bits per heavy atom. The van der Waals surface area contributed by atoms with E-state index in [2.05, 4.69) is 46.1 Å². The zero-order valence-electron chi connectivity index (χ0n) is 16.1. The number of benzene rings is 2. The highest BCUT2D eigenvalue weighted by atomic mass is 16.2. The molecule has 28 heavy (non-hydrogen) atoms. The van der Waals surface area contributed by atoms with Crippen molar-refractivity contribution in [2.24, 2.45) is 0 Å². The smallest absolute Gasteiger partial charge is 0.277 e. The Morgan fingerprint density at radius 1 is 1.00 bits per heavy atom. The molecule has 1 aromatic heterocycles. The minimum Gasteiger partial charge on any atom is -0.326 e. The third kappa shape index (κ3) is 2.66. The first-order valence-corrected chi connectivity index (χ1v) is 9.74. The predicted molar refractivity (Wildman–Crippen MR) is 110 cm³/mol. The highest BCUT2D eigenvalue weighted by Crippen LogP contribution is 2.35. The minimum atomic E-state index is -0.0586. The number of amides is 1. The third-order valence-electron chi connectivity index (χ3n) is 5.63. The van der Waals surface area contributed by atoms with Gasteiger partial charge in [0.25, 0.3) is 5.91 Å². The van der Waals surface area contributed by atoms with E-state index >= 15 is 0 Å². The van der Waals surface area contributed by atoms with Crippen molar-refractivity contribution in [2.75, 3.05) is 16.3 Å². The fourth-order valence-electron chi connectivity index (χ4n) is 4.37. The maximum Gasteiger partial charge on any atom is 0.277 e. The van der Waals surface area contributed by atoms with Gasteiger partial charge in [0, 0.05) is 30.0 Å². The zero-order chi connectivity index (χ0) is 19.3. The predicted octanol–water partition coefficient (Wildman–Crippen LogP) is 4.07. The van der Waals surface area contributed by atoms with Crippen LogP contribution in [0.5, 0.6) is 0 Å². The number of anilines is 3. The molecule has 140 valence electrons. The molecule has 5 heteroatoms. The first kappa shape index (κ1) is 16.9. The molecule has 0 fully saturated rings. The van der Waals surface area contributed by atoms with Crippen LogP contribution in [0.25, 0.3) is 0 Å². The van der Waals surface area contributed by atoms with E-state index in [1.807, 2.05) is 42.2 Å². The molecule has 1 atom stereocenters. The van der Waals surface area contributed by atoms with Crippen LogP contribution in [0.3, 0.4) is 0 Å². The molecule has 0 radical (unpaired) electrons. The summed E-state index contributed by atoms with van der Waals surface area (Å²) in [7, 11) is 0. The molecular formula is C23H22N4O. The number of carbonyl (C=O) groups excluding carboxylic acids is 1. The summed E-state index contributed by atoms with van der Waals surface area (Å²) < 4.78 is 0. The second-order valence-electron chi connectivity index (χ2n) is 7.55. The normalized spacial score (nSPS) is 17.6. The van der Waals surface area contributed by atoms with Crippen molar-refractivity contribution in [3.05, 3.63) is 77.2 Å². The quantitative estimate of drug-likeness (QED) is 0.682. The Labute approximate surface area is 164 Å². The van der Waals surface area contributed by atoms with Gasteiger partial charge in [-0.05, 0) is 49.9 Å². The summed E-state index contributed by atoms with van der Waals surface area (Å²) >= 11 is 0. The van der Waals surface area contributed by atoms with Gasteiger partial charge in [0.05, 0.1) is 0 Å². The summed E-state index contributed by atoms with van der Waals surface area (Å²) in [5.41, 5.74) is 5.13. The van der Waals surface area contributed by atoms with E-state index in [9.17, 15) is 4.79 Å². The van der Waals surface area contributed by atoms with Crippen molar-refractivity contribution in [2.45, 2.75) is 32.7 Å². The number of aromatic nitrogens is 2. The number of fused-ring (bicyclic) bond motifs is 2. The van der Waals surface area contributed by atoms with Gasteiger partial charge in [0.2, 0.25) is 0 Å². The topological polar surface area (TPSA) is 49.3 Å². The molecule has 0 saturated carbocycles. The van der Waals surface area contributed by atoms with Gasteiger partial charge in [-0.2, -0.15) is 0 Å². The number of carbonyl (C=O) groups is 1. The molecule has 3 heterocycles. The minimum absolute atomic E-state index is 0.0586. The summed E-state index contributed by atoms with van der Waals surface area (Å²) in [5, 5.41) is 0.